The summed E-state index contributed by atoms with van der Waals surface area (Å²) in [5.74, 6) is 4.39. The van der Waals surface area contributed by atoms with Crippen molar-refractivity contribution >= 4 is 11.6 Å². The van der Waals surface area contributed by atoms with Crippen molar-refractivity contribution in [3.05, 3.63) is 47.5 Å². The van der Waals surface area contributed by atoms with Gasteiger partial charge in [-0.15, -0.1) is 6.42 Å². The standard InChI is InChI=1S/C38H52N2O4/c1-6-38(42)19-16-32-30-13-12-28-24-29(14-17-35(28,4)31(30)15-18-36(32,38)5)40-44-25-33(41)39-22-20-37(27-10-8-7-9-11-27)21-23-43-34(2,3)26-37/h1,7-11,24,30-32,42H,12-23,25-26H2,2-5H3,(H,39,41)/t30-,31+,32-,35+,36-,37-,38+/m1/s1. The number of ether oxygens (including phenoxy) is 1. The molecule has 3 saturated carbocycles. The van der Waals surface area contributed by atoms with Crippen molar-refractivity contribution < 1.29 is 19.5 Å². The Balaban J connectivity index is 1.03. The first-order valence-electron chi connectivity index (χ1n) is 17.0. The van der Waals surface area contributed by atoms with E-state index < -0.39 is 5.60 Å². The Morgan fingerprint density at radius 3 is 2.59 bits per heavy atom. The third kappa shape index (κ3) is 5.43. The van der Waals surface area contributed by atoms with Crippen LogP contribution in [0.2, 0.25) is 0 Å². The quantitative estimate of drug-likeness (QED) is 0.269. The number of hydrogen-bond acceptors (Lipinski definition) is 5. The van der Waals surface area contributed by atoms with Gasteiger partial charge in [-0.05, 0) is 119 Å². The zero-order valence-electron chi connectivity index (χ0n) is 27.3. The highest BCUT2D eigenvalue weighted by molar-refractivity contribution is 5.96. The molecule has 7 atom stereocenters. The average molecular weight is 601 g/mol. The molecule has 1 aliphatic heterocycles. The molecule has 0 spiro atoms. The predicted octanol–water partition coefficient (Wildman–Crippen LogP) is 6.72. The zero-order valence-corrected chi connectivity index (χ0v) is 27.3. The molecule has 6 nitrogen and oxygen atoms in total. The Morgan fingerprint density at radius 2 is 1.84 bits per heavy atom. The van der Waals surface area contributed by atoms with Gasteiger partial charge in [-0.3, -0.25) is 4.79 Å². The molecular weight excluding hydrogens is 548 g/mol. The van der Waals surface area contributed by atoms with Gasteiger partial charge in [0.05, 0.1) is 11.3 Å². The number of terminal acetylenes is 1. The van der Waals surface area contributed by atoms with E-state index in [1.807, 2.05) is 0 Å². The first-order chi connectivity index (χ1) is 20.9. The van der Waals surface area contributed by atoms with Gasteiger partial charge in [0.15, 0.2) is 6.61 Å². The largest absolute Gasteiger partial charge is 0.385 e. The molecule has 0 unspecified atom stereocenters. The smallest absolute Gasteiger partial charge is 0.260 e. The Hall–Kier alpha value is -2.62. The maximum absolute atomic E-state index is 12.7. The van der Waals surface area contributed by atoms with Crippen LogP contribution in [0.25, 0.3) is 0 Å². The summed E-state index contributed by atoms with van der Waals surface area (Å²) in [6, 6.07) is 10.7. The highest BCUT2D eigenvalue weighted by Gasteiger charge is 2.63. The molecule has 0 radical (unpaired) electrons. The number of hydrogen-bond donors (Lipinski definition) is 2. The fraction of sp³-hybridized carbons (Fsp3) is 0.684. The number of amides is 1. The van der Waals surface area contributed by atoms with Gasteiger partial charge in [0.2, 0.25) is 0 Å². The van der Waals surface area contributed by atoms with E-state index in [-0.39, 0.29) is 34.4 Å². The molecule has 1 aromatic carbocycles. The van der Waals surface area contributed by atoms with Crippen molar-refractivity contribution in [3.63, 3.8) is 0 Å². The van der Waals surface area contributed by atoms with Crippen molar-refractivity contribution in [3.8, 4) is 12.3 Å². The number of oxime groups is 1. The van der Waals surface area contributed by atoms with E-state index in [4.69, 9.17) is 16.0 Å². The average Bonchev–Trinajstić information content (AvgIpc) is 3.28. The highest BCUT2D eigenvalue weighted by Crippen LogP contribution is 2.67. The summed E-state index contributed by atoms with van der Waals surface area (Å²) >= 11 is 0. The maximum Gasteiger partial charge on any atom is 0.260 e. The van der Waals surface area contributed by atoms with Gasteiger partial charge in [-0.2, -0.15) is 0 Å². The second-order valence-corrected chi connectivity index (χ2v) is 15.6. The minimum absolute atomic E-state index is 0.0193. The van der Waals surface area contributed by atoms with Crippen LogP contribution >= 0.6 is 0 Å². The van der Waals surface area contributed by atoms with Crippen LogP contribution in [0.5, 0.6) is 0 Å². The monoisotopic (exact) mass is 600 g/mol. The van der Waals surface area contributed by atoms with Crippen LogP contribution in [-0.2, 0) is 19.8 Å². The van der Waals surface area contributed by atoms with Gasteiger partial charge < -0.3 is 20.0 Å². The number of rotatable bonds is 7. The number of allylic oxidation sites excluding steroid dienone is 2. The number of nitrogens with zero attached hydrogens (tertiary/aromatic N) is 1. The predicted molar refractivity (Wildman–Crippen MR) is 174 cm³/mol. The molecule has 6 heteroatoms. The molecule has 1 aromatic rings. The Kier molecular flexibility index (Phi) is 8.29. The SMILES string of the molecule is C#C[C@]1(O)CC[C@@H]2[C@@H]3CCC4=CC(=NOCC(=O)NCC[C@@]5(c6ccccc6)CCOC(C)(C)C5)CC[C@]4(C)[C@H]3CC[C@]21C. The minimum atomic E-state index is -0.958. The van der Waals surface area contributed by atoms with Gasteiger partial charge in [0, 0.05) is 24.0 Å². The van der Waals surface area contributed by atoms with Crippen molar-refractivity contribution in [1.82, 2.24) is 5.32 Å². The first-order valence-corrected chi connectivity index (χ1v) is 17.0. The second kappa shape index (κ2) is 11.6. The molecule has 44 heavy (non-hydrogen) atoms. The Labute approximate surface area is 264 Å². The number of nitrogens with one attached hydrogen (secondary N) is 1. The van der Waals surface area contributed by atoms with E-state index in [0.717, 1.165) is 82.9 Å². The molecule has 0 bridgehead atoms. The van der Waals surface area contributed by atoms with Crippen LogP contribution in [0, 0.1) is 40.9 Å². The fourth-order valence-corrected chi connectivity index (χ4v) is 10.4. The lowest BCUT2D eigenvalue weighted by Gasteiger charge is -2.58. The summed E-state index contributed by atoms with van der Waals surface area (Å²) in [5.41, 5.74) is 2.57. The lowest BCUT2D eigenvalue weighted by Crippen LogP contribution is -2.54. The van der Waals surface area contributed by atoms with E-state index in [2.05, 4.69) is 80.5 Å². The Bertz CT molecular complexity index is 1350. The van der Waals surface area contributed by atoms with Gasteiger partial charge in [0.1, 0.15) is 5.60 Å². The molecule has 238 valence electrons. The number of fused-ring (bicyclic) bond motifs is 5. The van der Waals surface area contributed by atoms with Crippen LogP contribution in [0.3, 0.4) is 0 Å². The third-order valence-electron chi connectivity index (χ3n) is 12.9. The van der Waals surface area contributed by atoms with Gasteiger partial charge in [-0.1, -0.05) is 60.8 Å². The molecule has 2 N–H and O–H groups in total. The number of carbonyl (C=O) groups excluding carboxylic acids is 1. The lowest BCUT2D eigenvalue weighted by molar-refractivity contribution is -0.125. The van der Waals surface area contributed by atoms with Crippen molar-refractivity contribution in [1.29, 1.82) is 0 Å². The van der Waals surface area contributed by atoms with Crippen molar-refractivity contribution in [2.75, 3.05) is 19.8 Å². The summed E-state index contributed by atoms with van der Waals surface area (Å²) < 4.78 is 6.04. The van der Waals surface area contributed by atoms with Crippen LogP contribution < -0.4 is 5.32 Å². The summed E-state index contributed by atoms with van der Waals surface area (Å²) in [6.07, 6.45) is 18.9. The zero-order chi connectivity index (χ0) is 31.2. The molecule has 0 aromatic heterocycles. The molecule has 1 heterocycles. The van der Waals surface area contributed by atoms with Crippen LogP contribution in [0.1, 0.15) is 104 Å². The molecule has 4 aliphatic carbocycles. The number of carbonyl (C=O) groups is 1. The number of aliphatic hydroxyl groups is 1. The van der Waals surface area contributed by atoms with E-state index in [1.165, 1.54) is 11.1 Å². The highest BCUT2D eigenvalue weighted by atomic mass is 16.6. The normalized spacial score (nSPS) is 40.1. The van der Waals surface area contributed by atoms with Crippen LogP contribution in [0.4, 0.5) is 0 Å². The van der Waals surface area contributed by atoms with Gasteiger partial charge in [-0.25, -0.2) is 0 Å². The van der Waals surface area contributed by atoms with Gasteiger partial charge in [0.25, 0.3) is 5.91 Å². The fourth-order valence-electron chi connectivity index (χ4n) is 10.4. The van der Waals surface area contributed by atoms with E-state index in [1.54, 1.807) is 0 Å². The Morgan fingerprint density at radius 1 is 1.07 bits per heavy atom. The van der Waals surface area contributed by atoms with Crippen molar-refractivity contribution in [2.24, 2.45) is 33.7 Å². The first kappa shape index (κ1) is 31.4. The van der Waals surface area contributed by atoms with Crippen LogP contribution in [0.15, 0.2) is 47.1 Å². The summed E-state index contributed by atoms with van der Waals surface area (Å²) in [6.45, 7) is 10.3. The van der Waals surface area contributed by atoms with E-state index in [9.17, 15) is 9.90 Å². The maximum atomic E-state index is 12.7. The van der Waals surface area contributed by atoms with Crippen LogP contribution in [-0.4, -0.2) is 47.7 Å². The molecule has 4 fully saturated rings. The molecule has 1 saturated heterocycles. The summed E-state index contributed by atoms with van der Waals surface area (Å²) in [4.78, 5) is 18.3. The molecular formula is C38H52N2O4. The van der Waals surface area contributed by atoms with Crippen molar-refractivity contribution in [2.45, 2.75) is 115 Å². The topological polar surface area (TPSA) is 80.2 Å². The number of benzene rings is 1. The molecule has 5 aliphatic rings. The second-order valence-electron chi connectivity index (χ2n) is 15.6. The molecule has 6 rings (SSSR count). The van der Waals surface area contributed by atoms with Gasteiger partial charge >= 0.3 is 0 Å². The third-order valence-corrected chi connectivity index (χ3v) is 12.9. The summed E-state index contributed by atoms with van der Waals surface area (Å²) in [7, 11) is 0. The molecule has 1 amide bonds. The minimum Gasteiger partial charge on any atom is -0.385 e. The van der Waals surface area contributed by atoms with E-state index >= 15 is 0 Å². The van der Waals surface area contributed by atoms with E-state index in [0.29, 0.717) is 24.3 Å². The lowest BCUT2D eigenvalue weighted by atomic mass is 9.46. The summed E-state index contributed by atoms with van der Waals surface area (Å²) in [5, 5.41) is 18.8.